The highest BCUT2D eigenvalue weighted by molar-refractivity contribution is 5.46. The van der Waals surface area contributed by atoms with E-state index in [1.165, 1.54) is 59.4 Å². The van der Waals surface area contributed by atoms with Crippen LogP contribution in [0.3, 0.4) is 0 Å². The first-order valence-electron chi connectivity index (χ1n) is 11.7. The first-order valence-corrected chi connectivity index (χ1v) is 11.7. The van der Waals surface area contributed by atoms with E-state index in [0.717, 1.165) is 25.3 Å². The maximum atomic E-state index is 4.63. The van der Waals surface area contributed by atoms with Gasteiger partial charge in [0.05, 0.1) is 12.6 Å². The van der Waals surface area contributed by atoms with Gasteiger partial charge in [-0.1, -0.05) is 55.7 Å². The summed E-state index contributed by atoms with van der Waals surface area (Å²) in [5.74, 6) is 1.03. The van der Waals surface area contributed by atoms with Gasteiger partial charge in [-0.3, -0.25) is 0 Å². The number of anilines is 1. The van der Waals surface area contributed by atoms with Crippen LogP contribution in [0.15, 0.2) is 48.5 Å². The number of quaternary nitrogens is 1. The Morgan fingerprint density at radius 1 is 0.968 bits per heavy atom. The van der Waals surface area contributed by atoms with Crippen molar-refractivity contribution in [1.82, 2.24) is 20.2 Å². The Hall–Kier alpha value is -2.73. The van der Waals surface area contributed by atoms with E-state index >= 15 is 0 Å². The third-order valence-electron chi connectivity index (χ3n) is 7.10. The summed E-state index contributed by atoms with van der Waals surface area (Å²) in [5, 5.41) is 13.3. The Balaban J connectivity index is 1.53. The second-order valence-corrected chi connectivity index (χ2v) is 9.30. The van der Waals surface area contributed by atoms with E-state index in [-0.39, 0.29) is 6.04 Å². The summed E-state index contributed by atoms with van der Waals surface area (Å²) in [4.78, 5) is 3.68. The molecule has 6 nitrogen and oxygen atoms in total. The lowest BCUT2D eigenvalue weighted by Crippen LogP contribution is -3.12. The Bertz CT molecular complexity index is 1000. The molecular weight excluding hydrogens is 384 g/mol. The number of fused-ring (bicyclic) bond motifs is 1. The van der Waals surface area contributed by atoms with Crippen LogP contribution in [0.4, 0.5) is 5.69 Å². The zero-order valence-corrected chi connectivity index (χ0v) is 18.7. The van der Waals surface area contributed by atoms with Gasteiger partial charge in [0.1, 0.15) is 6.54 Å². The van der Waals surface area contributed by atoms with Crippen LogP contribution in [0.1, 0.15) is 66.7 Å². The van der Waals surface area contributed by atoms with Crippen molar-refractivity contribution in [1.29, 1.82) is 0 Å². The third kappa shape index (κ3) is 4.09. The fraction of sp³-hybridized carbons (Fsp3) is 0.480. The minimum Gasteiger partial charge on any atom is -0.378 e. The van der Waals surface area contributed by atoms with Gasteiger partial charge in [-0.15, -0.1) is 5.10 Å². The van der Waals surface area contributed by atoms with Crippen molar-refractivity contribution < 1.29 is 4.90 Å². The molecule has 0 radical (unpaired) electrons. The Morgan fingerprint density at radius 3 is 2.45 bits per heavy atom. The topological polar surface area (TPSA) is 51.3 Å². The van der Waals surface area contributed by atoms with E-state index in [1.54, 1.807) is 0 Å². The second kappa shape index (κ2) is 8.79. The SMILES string of the molecule is CN(C)c1ccc([C@@H](c2nnnn2C2CCCCC2)[NH+]2CCc3ccccc3C2)cc1. The van der Waals surface area contributed by atoms with Crippen LogP contribution in [-0.4, -0.2) is 40.8 Å². The van der Waals surface area contributed by atoms with Gasteiger partial charge in [0.15, 0.2) is 6.04 Å². The summed E-state index contributed by atoms with van der Waals surface area (Å²) >= 11 is 0. The molecule has 1 fully saturated rings. The summed E-state index contributed by atoms with van der Waals surface area (Å²) in [5.41, 5.74) is 5.45. The van der Waals surface area contributed by atoms with E-state index in [1.807, 2.05) is 0 Å². The largest absolute Gasteiger partial charge is 0.378 e. The molecule has 31 heavy (non-hydrogen) atoms. The molecule has 5 rings (SSSR count). The molecule has 2 heterocycles. The quantitative estimate of drug-likeness (QED) is 0.694. The molecule has 1 saturated carbocycles. The lowest BCUT2D eigenvalue weighted by molar-refractivity contribution is -0.941. The fourth-order valence-electron chi connectivity index (χ4n) is 5.36. The summed E-state index contributed by atoms with van der Waals surface area (Å²) in [6, 6.07) is 18.4. The van der Waals surface area contributed by atoms with Gasteiger partial charge in [0, 0.05) is 37.3 Å². The first-order chi connectivity index (χ1) is 15.2. The van der Waals surface area contributed by atoms with Gasteiger partial charge in [0.2, 0.25) is 5.82 Å². The van der Waals surface area contributed by atoms with E-state index in [4.69, 9.17) is 0 Å². The number of nitrogens with zero attached hydrogens (tertiary/aromatic N) is 5. The van der Waals surface area contributed by atoms with Crippen LogP contribution in [0, 0.1) is 0 Å². The fourth-order valence-corrected chi connectivity index (χ4v) is 5.36. The molecule has 162 valence electrons. The molecule has 2 aliphatic rings. The van der Waals surface area contributed by atoms with Crippen LogP contribution in [-0.2, 0) is 13.0 Å². The van der Waals surface area contributed by atoms with Gasteiger partial charge in [-0.2, -0.15) is 0 Å². The summed E-state index contributed by atoms with van der Waals surface area (Å²) < 4.78 is 2.16. The minimum absolute atomic E-state index is 0.140. The van der Waals surface area contributed by atoms with Crippen molar-refractivity contribution in [2.75, 3.05) is 25.5 Å². The van der Waals surface area contributed by atoms with Gasteiger partial charge < -0.3 is 9.80 Å². The maximum Gasteiger partial charge on any atom is 0.214 e. The molecule has 0 bridgehead atoms. The van der Waals surface area contributed by atoms with Gasteiger partial charge in [0.25, 0.3) is 0 Å². The molecule has 1 aliphatic carbocycles. The molecule has 6 heteroatoms. The number of rotatable bonds is 5. The van der Waals surface area contributed by atoms with E-state index in [9.17, 15) is 0 Å². The highest BCUT2D eigenvalue weighted by atomic mass is 15.6. The van der Waals surface area contributed by atoms with Crippen molar-refractivity contribution in [3.8, 4) is 0 Å². The average molecular weight is 418 g/mol. The molecule has 3 aromatic rings. The maximum absolute atomic E-state index is 4.63. The molecule has 2 aromatic carbocycles. The predicted octanol–water partition coefficient (Wildman–Crippen LogP) is 2.97. The lowest BCUT2D eigenvalue weighted by atomic mass is 9.94. The Morgan fingerprint density at radius 2 is 1.71 bits per heavy atom. The predicted molar refractivity (Wildman–Crippen MR) is 122 cm³/mol. The molecule has 2 atom stereocenters. The first kappa shape index (κ1) is 20.2. The molecule has 0 saturated heterocycles. The summed E-state index contributed by atoms with van der Waals surface area (Å²) in [6.45, 7) is 2.10. The van der Waals surface area contributed by atoms with E-state index in [2.05, 4.69) is 87.7 Å². The van der Waals surface area contributed by atoms with Gasteiger partial charge in [-0.25, -0.2) is 4.68 Å². The van der Waals surface area contributed by atoms with Gasteiger partial charge >= 0.3 is 0 Å². The minimum atomic E-state index is 0.140. The highest BCUT2D eigenvalue weighted by Crippen LogP contribution is 2.30. The van der Waals surface area contributed by atoms with Crippen molar-refractivity contribution >= 4 is 5.69 Å². The molecule has 1 aliphatic heterocycles. The number of nitrogens with one attached hydrogen (secondary N) is 1. The van der Waals surface area contributed by atoms with Crippen LogP contribution in [0.2, 0.25) is 0 Å². The summed E-state index contributed by atoms with van der Waals surface area (Å²) in [7, 11) is 4.17. The summed E-state index contributed by atoms with van der Waals surface area (Å²) in [6.07, 6.45) is 7.34. The number of benzene rings is 2. The van der Waals surface area contributed by atoms with Gasteiger partial charge in [-0.05, 0) is 41.0 Å². The average Bonchev–Trinajstić information content (AvgIpc) is 3.29. The van der Waals surface area contributed by atoms with E-state index in [0.29, 0.717) is 6.04 Å². The standard InChI is InChI=1S/C25H32N6/c1-29(2)22-14-12-20(13-15-22)24(30-17-16-19-8-6-7-9-21(19)18-30)25-26-27-28-31(25)23-10-4-3-5-11-23/h6-9,12-15,23-24H,3-5,10-11,16-18H2,1-2H3/p+1/t24-/m0/s1. The normalized spacial score (nSPS) is 20.3. The Labute approximate surface area is 184 Å². The van der Waals surface area contributed by atoms with Crippen LogP contribution in [0.5, 0.6) is 0 Å². The molecule has 1 unspecified atom stereocenters. The molecule has 0 amide bonds. The molecule has 0 spiro atoms. The number of aromatic nitrogens is 4. The second-order valence-electron chi connectivity index (χ2n) is 9.30. The lowest BCUT2D eigenvalue weighted by Gasteiger charge is -2.33. The zero-order chi connectivity index (χ0) is 21.2. The molecule has 1 N–H and O–H groups in total. The van der Waals surface area contributed by atoms with Crippen LogP contribution >= 0.6 is 0 Å². The monoisotopic (exact) mass is 417 g/mol. The highest BCUT2D eigenvalue weighted by Gasteiger charge is 2.35. The number of hydrogen-bond donors (Lipinski definition) is 1. The smallest absolute Gasteiger partial charge is 0.214 e. The van der Waals surface area contributed by atoms with Crippen molar-refractivity contribution in [3.05, 3.63) is 71.0 Å². The molecule has 1 aromatic heterocycles. The van der Waals surface area contributed by atoms with E-state index < -0.39 is 0 Å². The zero-order valence-electron chi connectivity index (χ0n) is 18.7. The van der Waals surface area contributed by atoms with Crippen molar-refractivity contribution in [2.24, 2.45) is 0 Å². The third-order valence-corrected chi connectivity index (χ3v) is 7.10. The van der Waals surface area contributed by atoms with Crippen LogP contribution < -0.4 is 9.80 Å². The van der Waals surface area contributed by atoms with Crippen molar-refractivity contribution in [3.63, 3.8) is 0 Å². The van der Waals surface area contributed by atoms with Crippen LogP contribution in [0.25, 0.3) is 0 Å². The number of hydrogen-bond acceptors (Lipinski definition) is 4. The van der Waals surface area contributed by atoms with Crippen molar-refractivity contribution in [2.45, 2.75) is 57.2 Å². The Kier molecular flexibility index (Phi) is 5.72. The number of tetrazole rings is 1. The molecular formula is C25H33N6+.